The second kappa shape index (κ2) is 8.59. The maximum atomic E-state index is 5.44. The molecule has 0 saturated heterocycles. The Hall–Kier alpha value is -2.00. The van der Waals surface area contributed by atoms with Crippen molar-refractivity contribution in [1.29, 1.82) is 0 Å². The molecule has 0 N–H and O–H groups in total. The molecule has 0 heterocycles. The monoisotopic (exact) mass is 313 g/mol. The van der Waals surface area contributed by atoms with Gasteiger partial charge in [-0.3, -0.25) is 0 Å². The van der Waals surface area contributed by atoms with E-state index in [1.54, 1.807) is 14.2 Å². The van der Waals surface area contributed by atoms with Crippen molar-refractivity contribution in [1.82, 2.24) is 4.90 Å². The largest absolute Gasteiger partial charge is 0.493 e. The first-order chi connectivity index (χ1) is 11.2. The van der Waals surface area contributed by atoms with Gasteiger partial charge < -0.3 is 14.4 Å². The fraction of sp³-hybridized carbons (Fsp3) is 0.400. The molecule has 0 aliphatic heterocycles. The number of nitrogens with zero attached hydrogens (tertiary/aromatic N) is 1. The van der Waals surface area contributed by atoms with Gasteiger partial charge >= 0.3 is 0 Å². The Labute approximate surface area is 139 Å². The van der Waals surface area contributed by atoms with Crippen LogP contribution in [0, 0.1) is 0 Å². The summed E-state index contributed by atoms with van der Waals surface area (Å²) in [7, 11) is 7.61. The minimum Gasteiger partial charge on any atom is -0.493 e. The van der Waals surface area contributed by atoms with Crippen molar-refractivity contribution in [2.45, 2.75) is 25.3 Å². The van der Waals surface area contributed by atoms with Gasteiger partial charge in [-0.2, -0.15) is 0 Å². The Morgan fingerprint density at radius 1 is 0.913 bits per heavy atom. The topological polar surface area (TPSA) is 21.7 Å². The van der Waals surface area contributed by atoms with Crippen molar-refractivity contribution in [2.24, 2.45) is 0 Å². The molecule has 2 rings (SSSR count). The fourth-order valence-corrected chi connectivity index (χ4v) is 2.93. The third kappa shape index (κ3) is 4.73. The van der Waals surface area contributed by atoms with Gasteiger partial charge in [-0.15, -0.1) is 0 Å². The van der Waals surface area contributed by atoms with E-state index in [1.165, 1.54) is 11.1 Å². The molecule has 0 fully saturated rings. The van der Waals surface area contributed by atoms with Crippen LogP contribution in [0.3, 0.4) is 0 Å². The van der Waals surface area contributed by atoms with Gasteiger partial charge in [0.1, 0.15) is 0 Å². The number of hydrogen-bond acceptors (Lipinski definition) is 3. The van der Waals surface area contributed by atoms with Gasteiger partial charge in [0, 0.05) is 6.04 Å². The van der Waals surface area contributed by atoms with Crippen LogP contribution in [0.2, 0.25) is 0 Å². The summed E-state index contributed by atoms with van der Waals surface area (Å²) in [5.74, 6) is 1.57. The van der Waals surface area contributed by atoms with Crippen molar-refractivity contribution in [3.63, 3.8) is 0 Å². The van der Waals surface area contributed by atoms with E-state index in [0.717, 1.165) is 30.8 Å². The van der Waals surface area contributed by atoms with Crippen LogP contribution in [0.1, 0.15) is 30.0 Å². The number of hydrogen-bond donors (Lipinski definition) is 0. The Morgan fingerprint density at radius 2 is 1.61 bits per heavy atom. The van der Waals surface area contributed by atoms with Crippen molar-refractivity contribution in [2.75, 3.05) is 28.3 Å². The number of aryl methyl sites for hydroxylation is 1. The van der Waals surface area contributed by atoms with Gasteiger partial charge in [-0.05, 0) is 56.6 Å². The normalized spacial score (nSPS) is 12.2. The van der Waals surface area contributed by atoms with Gasteiger partial charge in [0.2, 0.25) is 0 Å². The molecule has 3 heteroatoms. The van der Waals surface area contributed by atoms with Crippen LogP contribution in [0.25, 0.3) is 0 Å². The van der Waals surface area contributed by atoms with Gasteiger partial charge in [0.15, 0.2) is 11.5 Å². The molecule has 23 heavy (non-hydrogen) atoms. The van der Waals surface area contributed by atoms with E-state index in [2.05, 4.69) is 61.5 Å². The highest BCUT2D eigenvalue weighted by Gasteiger charge is 2.16. The van der Waals surface area contributed by atoms with Crippen molar-refractivity contribution < 1.29 is 9.47 Å². The van der Waals surface area contributed by atoms with E-state index in [1.807, 2.05) is 6.07 Å². The lowest BCUT2D eigenvalue weighted by Gasteiger charge is -2.25. The number of benzene rings is 2. The average Bonchev–Trinajstić information content (AvgIpc) is 2.58. The van der Waals surface area contributed by atoms with Crippen molar-refractivity contribution in [3.05, 3.63) is 59.7 Å². The van der Waals surface area contributed by atoms with E-state index in [9.17, 15) is 0 Å². The summed E-state index contributed by atoms with van der Waals surface area (Å²) < 4.78 is 10.8. The number of ether oxygens (including phenoxy) is 2. The van der Waals surface area contributed by atoms with Gasteiger partial charge in [0.25, 0.3) is 0 Å². The van der Waals surface area contributed by atoms with E-state index in [-0.39, 0.29) is 0 Å². The molecule has 2 aromatic carbocycles. The summed E-state index contributed by atoms with van der Waals surface area (Å²) in [5, 5.41) is 0. The van der Waals surface area contributed by atoms with Crippen LogP contribution in [-0.2, 0) is 6.42 Å². The fourth-order valence-electron chi connectivity index (χ4n) is 2.93. The minimum absolute atomic E-state index is 0.374. The highest BCUT2D eigenvalue weighted by atomic mass is 16.5. The van der Waals surface area contributed by atoms with E-state index >= 15 is 0 Å². The predicted octanol–water partition coefficient (Wildman–Crippen LogP) is 4.33. The van der Waals surface area contributed by atoms with Crippen LogP contribution < -0.4 is 9.47 Å². The SMILES string of the molecule is COc1ccc([C@@H](CCCc2ccccc2)N(C)C)cc1OC. The molecule has 1 atom stereocenters. The first kappa shape index (κ1) is 17.4. The summed E-state index contributed by atoms with van der Waals surface area (Å²) in [4.78, 5) is 2.27. The summed E-state index contributed by atoms with van der Waals surface area (Å²) >= 11 is 0. The molecule has 3 nitrogen and oxygen atoms in total. The Bertz CT molecular complexity index is 596. The van der Waals surface area contributed by atoms with Crippen LogP contribution in [0.4, 0.5) is 0 Å². The zero-order chi connectivity index (χ0) is 16.7. The minimum atomic E-state index is 0.374. The first-order valence-corrected chi connectivity index (χ1v) is 8.08. The Balaban J connectivity index is 2.06. The molecule has 0 bridgehead atoms. The third-order valence-electron chi connectivity index (χ3n) is 4.20. The molecule has 0 aromatic heterocycles. The average molecular weight is 313 g/mol. The third-order valence-corrected chi connectivity index (χ3v) is 4.20. The van der Waals surface area contributed by atoms with Crippen LogP contribution in [0.5, 0.6) is 11.5 Å². The summed E-state index contributed by atoms with van der Waals surface area (Å²) in [6.45, 7) is 0. The Morgan fingerprint density at radius 3 is 2.22 bits per heavy atom. The molecule has 2 aromatic rings. The lowest BCUT2D eigenvalue weighted by Crippen LogP contribution is -2.20. The molecule has 0 aliphatic rings. The number of rotatable bonds is 8. The van der Waals surface area contributed by atoms with E-state index < -0.39 is 0 Å². The summed E-state index contributed by atoms with van der Waals surface area (Å²) in [5.41, 5.74) is 2.66. The van der Waals surface area contributed by atoms with Crippen LogP contribution in [-0.4, -0.2) is 33.2 Å². The Kier molecular flexibility index (Phi) is 6.48. The standard InChI is InChI=1S/C20H27NO2/c1-21(2)18(12-8-11-16-9-6-5-7-10-16)17-13-14-19(22-3)20(15-17)23-4/h5-7,9-10,13-15,18H,8,11-12H2,1-4H3/t18-/m1/s1. The highest BCUT2D eigenvalue weighted by Crippen LogP contribution is 2.33. The number of methoxy groups -OCH3 is 2. The second-order valence-electron chi connectivity index (χ2n) is 5.97. The highest BCUT2D eigenvalue weighted by molar-refractivity contribution is 5.43. The molecule has 0 saturated carbocycles. The maximum absolute atomic E-state index is 5.44. The summed E-state index contributed by atoms with van der Waals surface area (Å²) in [6, 6.07) is 17.2. The van der Waals surface area contributed by atoms with E-state index in [0.29, 0.717) is 6.04 Å². The van der Waals surface area contributed by atoms with E-state index in [4.69, 9.17) is 9.47 Å². The molecule has 0 spiro atoms. The zero-order valence-electron chi connectivity index (χ0n) is 14.6. The van der Waals surface area contributed by atoms with Crippen LogP contribution in [0.15, 0.2) is 48.5 Å². The van der Waals surface area contributed by atoms with Gasteiger partial charge in [-0.25, -0.2) is 0 Å². The molecular weight excluding hydrogens is 286 g/mol. The molecule has 0 aliphatic carbocycles. The second-order valence-corrected chi connectivity index (χ2v) is 5.97. The molecule has 0 amide bonds. The molecule has 124 valence electrons. The maximum Gasteiger partial charge on any atom is 0.161 e. The quantitative estimate of drug-likeness (QED) is 0.724. The predicted molar refractivity (Wildman–Crippen MR) is 95.4 cm³/mol. The lowest BCUT2D eigenvalue weighted by atomic mass is 9.98. The lowest BCUT2D eigenvalue weighted by molar-refractivity contribution is 0.277. The van der Waals surface area contributed by atoms with Crippen LogP contribution >= 0.6 is 0 Å². The van der Waals surface area contributed by atoms with Crippen molar-refractivity contribution in [3.8, 4) is 11.5 Å². The summed E-state index contributed by atoms with van der Waals surface area (Å²) in [6.07, 6.45) is 3.37. The molecular formula is C20H27NO2. The van der Waals surface area contributed by atoms with Gasteiger partial charge in [0.05, 0.1) is 14.2 Å². The molecule has 0 radical (unpaired) electrons. The van der Waals surface area contributed by atoms with Gasteiger partial charge in [-0.1, -0.05) is 36.4 Å². The first-order valence-electron chi connectivity index (χ1n) is 8.08. The smallest absolute Gasteiger partial charge is 0.161 e. The van der Waals surface area contributed by atoms with Crippen molar-refractivity contribution >= 4 is 0 Å². The molecule has 0 unspecified atom stereocenters. The zero-order valence-corrected chi connectivity index (χ0v) is 14.6.